The minimum absolute atomic E-state index is 0.200. The molecule has 1 aromatic heterocycles. The number of halogens is 1. The van der Waals surface area contributed by atoms with Crippen LogP contribution in [0.3, 0.4) is 0 Å². The molecular weight excluding hydrogens is 255 g/mol. The molecule has 0 spiro atoms. The van der Waals surface area contributed by atoms with Crippen LogP contribution in [0.25, 0.3) is 0 Å². The molecule has 104 valence electrons. The summed E-state index contributed by atoms with van der Waals surface area (Å²) in [5.41, 5.74) is 2.07. The van der Waals surface area contributed by atoms with Crippen LogP contribution in [-0.4, -0.2) is 12.1 Å². The van der Waals surface area contributed by atoms with Crippen LogP contribution in [0.4, 0.5) is 10.1 Å². The molecule has 0 aliphatic heterocycles. The van der Waals surface area contributed by atoms with Crippen LogP contribution >= 0.6 is 0 Å². The number of benzene rings is 1. The van der Waals surface area contributed by atoms with Gasteiger partial charge in [-0.15, -0.1) is 0 Å². The fourth-order valence-corrected chi connectivity index (χ4v) is 2.34. The highest BCUT2D eigenvalue weighted by molar-refractivity contribution is 5.45. The van der Waals surface area contributed by atoms with Crippen molar-refractivity contribution in [3.05, 3.63) is 54.0 Å². The zero-order valence-electron chi connectivity index (χ0n) is 11.3. The van der Waals surface area contributed by atoms with Crippen LogP contribution in [0.5, 0.6) is 5.88 Å². The van der Waals surface area contributed by atoms with Gasteiger partial charge in [-0.25, -0.2) is 9.37 Å². The zero-order valence-corrected chi connectivity index (χ0v) is 11.3. The monoisotopic (exact) mass is 272 g/mol. The minimum atomic E-state index is -0.200. The molecule has 1 aromatic carbocycles. The Morgan fingerprint density at radius 2 is 1.95 bits per heavy atom. The van der Waals surface area contributed by atoms with Gasteiger partial charge in [0.15, 0.2) is 0 Å². The van der Waals surface area contributed by atoms with Crippen LogP contribution in [0.2, 0.25) is 0 Å². The fraction of sp³-hybridized carbons (Fsp3) is 0.312. The predicted octanol–water partition coefficient (Wildman–Crippen LogP) is 3.79. The number of anilines is 1. The molecule has 0 bridgehead atoms. The number of rotatable bonds is 5. The normalized spacial score (nSPS) is 15.7. The number of aromatic nitrogens is 1. The first-order valence-electron chi connectivity index (χ1n) is 6.78. The Labute approximate surface area is 117 Å². The standard InChI is InChI=1S/C16H17FN2O/c1-20-15-9-8-14(10-18-15)19-16(11-2-3-11)12-4-6-13(17)7-5-12/h4-11,16,19H,2-3H2,1H3. The van der Waals surface area contributed by atoms with E-state index >= 15 is 0 Å². The quantitative estimate of drug-likeness (QED) is 0.899. The second-order valence-electron chi connectivity index (χ2n) is 5.10. The summed E-state index contributed by atoms with van der Waals surface area (Å²) in [6, 6.07) is 10.7. The molecule has 3 nitrogen and oxygen atoms in total. The lowest BCUT2D eigenvalue weighted by Gasteiger charge is -2.20. The molecular formula is C16H17FN2O. The molecule has 1 fully saturated rings. The lowest BCUT2D eigenvalue weighted by molar-refractivity contribution is 0.398. The second-order valence-corrected chi connectivity index (χ2v) is 5.10. The van der Waals surface area contributed by atoms with E-state index in [2.05, 4.69) is 10.3 Å². The molecule has 4 heteroatoms. The van der Waals surface area contributed by atoms with Crippen molar-refractivity contribution in [2.45, 2.75) is 18.9 Å². The van der Waals surface area contributed by atoms with Crippen LogP contribution in [0, 0.1) is 11.7 Å². The number of hydrogen-bond acceptors (Lipinski definition) is 3. The minimum Gasteiger partial charge on any atom is -0.481 e. The smallest absolute Gasteiger partial charge is 0.213 e. The fourth-order valence-electron chi connectivity index (χ4n) is 2.34. The molecule has 1 aliphatic rings. The number of methoxy groups -OCH3 is 1. The number of nitrogens with one attached hydrogen (secondary N) is 1. The Morgan fingerprint density at radius 3 is 2.50 bits per heavy atom. The summed E-state index contributed by atoms with van der Waals surface area (Å²) >= 11 is 0. The molecule has 0 amide bonds. The van der Waals surface area contributed by atoms with E-state index in [-0.39, 0.29) is 11.9 Å². The van der Waals surface area contributed by atoms with Gasteiger partial charge in [-0.2, -0.15) is 0 Å². The lowest BCUT2D eigenvalue weighted by Crippen LogP contribution is -2.13. The van der Waals surface area contributed by atoms with Crippen molar-refractivity contribution < 1.29 is 9.13 Å². The first-order valence-corrected chi connectivity index (χ1v) is 6.78. The van der Waals surface area contributed by atoms with Crippen LogP contribution < -0.4 is 10.1 Å². The van der Waals surface area contributed by atoms with E-state index in [9.17, 15) is 4.39 Å². The van der Waals surface area contributed by atoms with E-state index in [1.54, 1.807) is 13.3 Å². The van der Waals surface area contributed by atoms with Gasteiger partial charge in [0, 0.05) is 6.07 Å². The van der Waals surface area contributed by atoms with E-state index < -0.39 is 0 Å². The number of pyridine rings is 1. The van der Waals surface area contributed by atoms with Crippen molar-refractivity contribution in [3.63, 3.8) is 0 Å². The Balaban J connectivity index is 1.78. The maximum Gasteiger partial charge on any atom is 0.213 e. The number of hydrogen-bond donors (Lipinski definition) is 1. The highest BCUT2D eigenvalue weighted by Crippen LogP contribution is 2.42. The highest BCUT2D eigenvalue weighted by Gasteiger charge is 2.32. The van der Waals surface area contributed by atoms with Gasteiger partial charge < -0.3 is 10.1 Å². The third-order valence-electron chi connectivity index (χ3n) is 3.59. The molecule has 3 rings (SSSR count). The van der Waals surface area contributed by atoms with Crippen molar-refractivity contribution >= 4 is 5.69 Å². The molecule has 0 saturated heterocycles. The van der Waals surface area contributed by atoms with Gasteiger partial charge in [0.1, 0.15) is 5.82 Å². The summed E-state index contributed by atoms with van der Waals surface area (Å²) in [4.78, 5) is 4.19. The second kappa shape index (κ2) is 5.49. The Morgan fingerprint density at radius 1 is 1.20 bits per heavy atom. The van der Waals surface area contributed by atoms with Gasteiger partial charge in [0.2, 0.25) is 5.88 Å². The number of ether oxygens (including phenoxy) is 1. The third kappa shape index (κ3) is 2.90. The molecule has 2 aromatic rings. The predicted molar refractivity (Wildman–Crippen MR) is 76.3 cm³/mol. The largest absolute Gasteiger partial charge is 0.481 e. The van der Waals surface area contributed by atoms with Gasteiger partial charge in [-0.3, -0.25) is 0 Å². The maximum atomic E-state index is 13.0. The summed E-state index contributed by atoms with van der Waals surface area (Å²) < 4.78 is 18.1. The molecule has 1 heterocycles. The molecule has 1 aliphatic carbocycles. The summed E-state index contributed by atoms with van der Waals surface area (Å²) in [5, 5.41) is 3.49. The van der Waals surface area contributed by atoms with Gasteiger partial charge in [-0.1, -0.05) is 12.1 Å². The average Bonchev–Trinajstić information content (AvgIpc) is 3.31. The van der Waals surface area contributed by atoms with Crippen molar-refractivity contribution in [2.24, 2.45) is 5.92 Å². The summed E-state index contributed by atoms with van der Waals surface area (Å²) in [6.07, 6.45) is 4.18. The van der Waals surface area contributed by atoms with Crippen molar-refractivity contribution in [1.82, 2.24) is 4.98 Å². The van der Waals surface area contributed by atoms with Crippen molar-refractivity contribution in [2.75, 3.05) is 12.4 Å². The Hall–Kier alpha value is -2.10. The SMILES string of the molecule is COc1ccc(NC(c2ccc(F)cc2)C2CC2)cn1. The lowest BCUT2D eigenvalue weighted by atomic mass is 10.0. The van der Waals surface area contributed by atoms with Crippen molar-refractivity contribution in [1.29, 1.82) is 0 Å². The van der Waals surface area contributed by atoms with E-state index in [4.69, 9.17) is 4.74 Å². The molecule has 1 unspecified atom stereocenters. The van der Waals surface area contributed by atoms with E-state index in [1.807, 2.05) is 24.3 Å². The van der Waals surface area contributed by atoms with E-state index in [1.165, 1.54) is 25.0 Å². The summed E-state index contributed by atoms with van der Waals surface area (Å²) in [5.74, 6) is 1.01. The zero-order chi connectivity index (χ0) is 13.9. The van der Waals surface area contributed by atoms with Gasteiger partial charge >= 0.3 is 0 Å². The van der Waals surface area contributed by atoms with E-state index in [0.29, 0.717) is 11.8 Å². The van der Waals surface area contributed by atoms with Gasteiger partial charge in [0.05, 0.1) is 25.0 Å². The molecule has 1 saturated carbocycles. The molecule has 1 N–H and O–H groups in total. The Kier molecular flexibility index (Phi) is 3.54. The van der Waals surface area contributed by atoms with Crippen LogP contribution in [0.1, 0.15) is 24.4 Å². The highest BCUT2D eigenvalue weighted by atomic mass is 19.1. The molecule has 0 radical (unpaired) electrons. The number of nitrogens with zero attached hydrogens (tertiary/aromatic N) is 1. The van der Waals surface area contributed by atoms with Gasteiger partial charge in [0.25, 0.3) is 0 Å². The van der Waals surface area contributed by atoms with Crippen LogP contribution in [0.15, 0.2) is 42.6 Å². The summed E-state index contributed by atoms with van der Waals surface area (Å²) in [7, 11) is 1.60. The first-order chi connectivity index (χ1) is 9.76. The molecule has 20 heavy (non-hydrogen) atoms. The summed E-state index contributed by atoms with van der Waals surface area (Å²) in [6.45, 7) is 0. The topological polar surface area (TPSA) is 34.1 Å². The van der Waals surface area contributed by atoms with Gasteiger partial charge in [-0.05, 0) is 42.5 Å². The average molecular weight is 272 g/mol. The first kappa shape index (κ1) is 12.9. The van der Waals surface area contributed by atoms with E-state index in [0.717, 1.165) is 11.3 Å². The third-order valence-corrected chi connectivity index (χ3v) is 3.59. The Bertz CT molecular complexity index is 564. The maximum absolute atomic E-state index is 13.0. The van der Waals surface area contributed by atoms with Crippen LogP contribution in [-0.2, 0) is 0 Å². The van der Waals surface area contributed by atoms with Crippen molar-refractivity contribution in [3.8, 4) is 5.88 Å². The molecule has 1 atom stereocenters.